The van der Waals surface area contributed by atoms with Crippen molar-refractivity contribution in [1.82, 2.24) is 4.90 Å². The Hall–Kier alpha value is -0.970. The highest BCUT2D eigenvalue weighted by molar-refractivity contribution is 6.37. The normalized spacial score (nSPS) is 16.1. The first-order valence-electron chi connectivity index (χ1n) is 6.07. The SMILES string of the molecule is O=C(O)CC1CN(CCOc2c(Cl)cccc2Cl)C1. The van der Waals surface area contributed by atoms with Crippen LogP contribution in [0.1, 0.15) is 6.42 Å². The Balaban J connectivity index is 1.70. The number of rotatable bonds is 6. The van der Waals surface area contributed by atoms with Crippen LogP contribution in [0.25, 0.3) is 0 Å². The van der Waals surface area contributed by atoms with Gasteiger partial charge in [-0.2, -0.15) is 0 Å². The summed E-state index contributed by atoms with van der Waals surface area (Å²) in [5, 5.41) is 9.65. The van der Waals surface area contributed by atoms with Crippen LogP contribution in [0.4, 0.5) is 0 Å². The minimum absolute atomic E-state index is 0.244. The number of benzene rings is 1. The van der Waals surface area contributed by atoms with Gasteiger partial charge in [0.2, 0.25) is 0 Å². The lowest BCUT2D eigenvalue weighted by atomic mass is 9.97. The Morgan fingerprint density at radius 1 is 1.37 bits per heavy atom. The molecule has 0 amide bonds. The van der Waals surface area contributed by atoms with Crippen molar-refractivity contribution in [3.63, 3.8) is 0 Å². The van der Waals surface area contributed by atoms with Gasteiger partial charge in [-0.3, -0.25) is 9.69 Å². The van der Waals surface area contributed by atoms with Gasteiger partial charge in [0.25, 0.3) is 0 Å². The molecule has 0 bridgehead atoms. The van der Waals surface area contributed by atoms with Gasteiger partial charge in [0.1, 0.15) is 6.61 Å². The van der Waals surface area contributed by atoms with E-state index in [9.17, 15) is 4.79 Å². The second-order valence-electron chi connectivity index (χ2n) is 4.62. The van der Waals surface area contributed by atoms with E-state index in [0.717, 1.165) is 19.6 Å². The molecule has 0 atom stereocenters. The van der Waals surface area contributed by atoms with Crippen LogP contribution in [0, 0.1) is 5.92 Å². The molecule has 0 saturated carbocycles. The Morgan fingerprint density at radius 2 is 2.00 bits per heavy atom. The summed E-state index contributed by atoms with van der Waals surface area (Å²) in [6, 6.07) is 5.23. The lowest BCUT2D eigenvalue weighted by molar-refractivity contribution is -0.139. The van der Waals surface area contributed by atoms with Gasteiger partial charge in [-0.15, -0.1) is 0 Å². The second kappa shape index (κ2) is 6.46. The van der Waals surface area contributed by atoms with E-state index in [0.29, 0.717) is 22.4 Å². The van der Waals surface area contributed by atoms with E-state index >= 15 is 0 Å². The van der Waals surface area contributed by atoms with E-state index < -0.39 is 5.97 Å². The fourth-order valence-corrected chi connectivity index (χ4v) is 2.64. The summed E-state index contributed by atoms with van der Waals surface area (Å²) in [6.45, 7) is 2.86. The Morgan fingerprint density at radius 3 is 2.58 bits per heavy atom. The summed E-state index contributed by atoms with van der Waals surface area (Å²) in [4.78, 5) is 12.7. The molecular formula is C13H15Cl2NO3. The summed E-state index contributed by atoms with van der Waals surface area (Å²) < 4.78 is 5.57. The number of hydrogen-bond acceptors (Lipinski definition) is 3. The summed E-state index contributed by atoms with van der Waals surface area (Å²) in [5.41, 5.74) is 0. The third-order valence-corrected chi connectivity index (χ3v) is 3.66. The van der Waals surface area contributed by atoms with Gasteiger partial charge in [-0.05, 0) is 18.1 Å². The number of hydrogen-bond donors (Lipinski definition) is 1. The van der Waals surface area contributed by atoms with Gasteiger partial charge in [0, 0.05) is 19.6 Å². The lowest BCUT2D eigenvalue weighted by Gasteiger charge is -2.38. The number of carboxylic acid groups (broad SMARTS) is 1. The molecule has 19 heavy (non-hydrogen) atoms. The summed E-state index contributed by atoms with van der Waals surface area (Å²) in [5.74, 6) is 0.0404. The van der Waals surface area contributed by atoms with E-state index in [1.807, 2.05) is 0 Å². The van der Waals surface area contributed by atoms with Gasteiger partial charge in [-0.25, -0.2) is 0 Å². The topological polar surface area (TPSA) is 49.8 Å². The molecule has 2 rings (SSSR count). The first kappa shape index (κ1) is 14.4. The van der Waals surface area contributed by atoms with Crippen LogP contribution in [-0.2, 0) is 4.79 Å². The highest BCUT2D eigenvalue weighted by atomic mass is 35.5. The first-order valence-corrected chi connectivity index (χ1v) is 6.83. The van der Waals surface area contributed by atoms with Gasteiger partial charge in [0.05, 0.1) is 16.5 Å². The molecule has 1 fully saturated rings. The smallest absolute Gasteiger partial charge is 0.303 e. The van der Waals surface area contributed by atoms with Crippen LogP contribution >= 0.6 is 23.2 Å². The monoisotopic (exact) mass is 303 g/mol. The standard InChI is InChI=1S/C13H15Cl2NO3/c14-10-2-1-3-11(15)13(10)19-5-4-16-7-9(8-16)6-12(17)18/h1-3,9H,4-8H2,(H,17,18). The Bertz CT molecular complexity index is 441. The van der Waals surface area contributed by atoms with Crippen LogP contribution in [0.2, 0.25) is 10.0 Å². The molecule has 104 valence electrons. The number of carbonyl (C=O) groups is 1. The number of carboxylic acids is 1. The van der Waals surface area contributed by atoms with Gasteiger partial charge < -0.3 is 9.84 Å². The number of nitrogens with zero attached hydrogens (tertiary/aromatic N) is 1. The molecule has 0 spiro atoms. The van der Waals surface area contributed by atoms with Gasteiger partial charge >= 0.3 is 5.97 Å². The fourth-order valence-electron chi connectivity index (χ4n) is 2.13. The summed E-state index contributed by atoms with van der Waals surface area (Å²) >= 11 is 12.0. The van der Waals surface area contributed by atoms with Crippen molar-refractivity contribution in [2.75, 3.05) is 26.2 Å². The molecule has 0 radical (unpaired) electrons. The summed E-state index contributed by atoms with van der Waals surface area (Å²) in [6.07, 6.45) is 0.244. The molecule has 1 saturated heterocycles. The minimum atomic E-state index is -0.733. The zero-order valence-electron chi connectivity index (χ0n) is 10.3. The van der Waals surface area contributed by atoms with Crippen molar-refractivity contribution in [3.8, 4) is 5.75 Å². The molecule has 1 aliphatic rings. The summed E-state index contributed by atoms with van der Waals surface area (Å²) in [7, 11) is 0. The highest BCUT2D eigenvalue weighted by Gasteiger charge is 2.28. The maximum absolute atomic E-state index is 10.5. The van der Waals surface area contributed by atoms with Gasteiger partial charge in [0.15, 0.2) is 5.75 Å². The average Bonchev–Trinajstić information content (AvgIpc) is 2.28. The second-order valence-corrected chi connectivity index (χ2v) is 5.44. The van der Waals surface area contributed by atoms with Crippen LogP contribution in [-0.4, -0.2) is 42.2 Å². The van der Waals surface area contributed by atoms with Crippen LogP contribution in [0.5, 0.6) is 5.75 Å². The van der Waals surface area contributed by atoms with E-state index in [1.165, 1.54) is 0 Å². The van der Waals surface area contributed by atoms with Crippen molar-refractivity contribution in [2.45, 2.75) is 6.42 Å². The maximum Gasteiger partial charge on any atom is 0.303 e. The van der Waals surface area contributed by atoms with E-state index in [4.69, 9.17) is 33.0 Å². The van der Waals surface area contributed by atoms with Crippen molar-refractivity contribution in [2.24, 2.45) is 5.92 Å². The largest absolute Gasteiger partial charge is 0.489 e. The molecule has 0 aliphatic carbocycles. The van der Waals surface area contributed by atoms with Crippen LogP contribution in [0.15, 0.2) is 18.2 Å². The van der Waals surface area contributed by atoms with E-state index in [2.05, 4.69) is 4.90 Å². The number of para-hydroxylation sites is 1. The molecule has 1 heterocycles. The minimum Gasteiger partial charge on any atom is -0.489 e. The number of halogens is 2. The van der Waals surface area contributed by atoms with Crippen LogP contribution in [0.3, 0.4) is 0 Å². The zero-order chi connectivity index (χ0) is 13.8. The molecule has 1 aromatic rings. The molecular weight excluding hydrogens is 289 g/mol. The predicted octanol–water partition coefficient (Wildman–Crippen LogP) is 2.78. The average molecular weight is 304 g/mol. The first-order chi connectivity index (χ1) is 9.06. The number of likely N-dealkylation sites (tertiary alicyclic amines) is 1. The van der Waals surface area contributed by atoms with Gasteiger partial charge in [-0.1, -0.05) is 29.3 Å². The quantitative estimate of drug-likeness (QED) is 0.878. The number of aliphatic carboxylic acids is 1. The van der Waals surface area contributed by atoms with E-state index in [1.54, 1.807) is 18.2 Å². The van der Waals surface area contributed by atoms with Crippen LogP contribution < -0.4 is 4.74 Å². The Labute approximate surface area is 121 Å². The molecule has 1 aromatic carbocycles. The third kappa shape index (κ3) is 4.00. The fraction of sp³-hybridized carbons (Fsp3) is 0.462. The molecule has 1 N–H and O–H groups in total. The lowest BCUT2D eigenvalue weighted by Crippen LogP contribution is -2.48. The molecule has 6 heteroatoms. The molecule has 0 aromatic heterocycles. The van der Waals surface area contributed by atoms with Crippen molar-refractivity contribution >= 4 is 29.2 Å². The highest BCUT2D eigenvalue weighted by Crippen LogP contribution is 2.32. The predicted molar refractivity (Wildman–Crippen MR) is 74.1 cm³/mol. The molecule has 1 aliphatic heterocycles. The molecule has 0 unspecified atom stereocenters. The maximum atomic E-state index is 10.5. The molecule has 4 nitrogen and oxygen atoms in total. The van der Waals surface area contributed by atoms with Crippen molar-refractivity contribution < 1.29 is 14.6 Å². The zero-order valence-corrected chi connectivity index (χ0v) is 11.8. The third-order valence-electron chi connectivity index (χ3n) is 3.07. The Kier molecular flexibility index (Phi) is 4.91. The number of ether oxygens (including phenoxy) is 1. The van der Waals surface area contributed by atoms with Crippen molar-refractivity contribution in [3.05, 3.63) is 28.2 Å². The van der Waals surface area contributed by atoms with Crippen molar-refractivity contribution in [1.29, 1.82) is 0 Å². The van der Waals surface area contributed by atoms with E-state index in [-0.39, 0.29) is 12.3 Å².